The lowest BCUT2D eigenvalue weighted by molar-refractivity contribution is -0.384. The van der Waals surface area contributed by atoms with Crippen LogP contribution in [0.5, 0.6) is 5.75 Å². The molecule has 2 aromatic carbocycles. The summed E-state index contributed by atoms with van der Waals surface area (Å²) < 4.78 is 33.6. The molecular weight excluding hydrogens is 324 g/mol. The van der Waals surface area contributed by atoms with Crippen LogP contribution in [0.15, 0.2) is 53.1 Å². The Kier molecular flexibility index (Phi) is 4.15. The minimum absolute atomic E-state index is 0.0175. The van der Waals surface area contributed by atoms with E-state index in [1.165, 1.54) is 48.5 Å². The van der Waals surface area contributed by atoms with Gasteiger partial charge < -0.3 is 9.26 Å². The first kappa shape index (κ1) is 15.5. The molecule has 0 fully saturated rings. The molecule has 24 heavy (non-hydrogen) atoms. The Morgan fingerprint density at radius 1 is 1.04 bits per heavy atom. The quantitative estimate of drug-likeness (QED) is 0.519. The van der Waals surface area contributed by atoms with Gasteiger partial charge in [0.2, 0.25) is 5.82 Å². The van der Waals surface area contributed by atoms with Gasteiger partial charge in [-0.3, -0.25) is 10.1 Å². The Hall–Kier alpha value is -3.36. The molecule has 0 saturated heterocycles. The number of benzene rings is 2. The summed E-state index contributed by atoms with van der Waals surface area (Å²) in [6.07, 6.45) is 0. The zero-order chi connectivity index (χ0) is 17.1. The zero-order valence-electron chi connectivity index (χ0n) is 11.9. The van der Waals surface area contributed by atoms with Crippen LogP contribution < -0.4 is 4.74 Å². The van der Waals surface area contributed by atoms with E-state index in [-0.39, 0.29) is 23.2 Å². The number of non-ortho nitro benzene ring substituents is 1. The highest BCUT2D eigenvalue weighted by Crippen LogP contribution is 2.25. The molecule has 0 atom stereocenters. The lowest BCUT2D eigenvalue weighted by atomic mass is 10.2. The van der Waals surface area contributed by atoms with Crippen molar-refractivity contribution < 1.29 is 23.0 Å². The van der Waals surface area contributed by atoms with Crippen molar-refractivity contribution in [3.8, 4) is 28.6 Å². The van der Waals surface area contributed by atoms with Gasteiger partial charge in [-0.1, -0.05) is 5.16 Å². The molecule has 0 amide bonds. The Balaban J connectivity index is 1.81. The number of nitrogens with zero attached hydrogens (tertiary/aromatic N) is 3. The second-order valence-electron chi connectivity index (χ2n) is 4.63. The van der Waals surface area contributed by atoms with Gasteiger partial charge >= 0.3 is 6.61 Å². The zero-order valence-corrected chi connectivity index (χ0v) is 11.9. The summed E-state index contributed by atoms with van der Waals surface area (Å²) in [7, 11) is 0. The highest BCUT2D eigenvalue weighted by molar-refractivity contribution is 5.61. The molecule has 7 nitrogen and oxygen atoms in total. The van der Waals surface area contributed by atoms with Crippen LogP contribution in [0.25, 0.3) is 22.8 Å². The maximum atomic E-state index is 12.1. The van der Waals surface area contributed by atoms with Gasteiger partial charge in [0.05, 0.1) is 4.92 Å². The third-order valence-corrected chi connectivity index (χ3v) is 3.09. The molecular formula is C15H9F2N3O4. The average Bonchev–Trinajstić information content (AvgIpc) is 3.05. The topological polar surface area (TPSA) is 91.3 Å². The Morgan fingerprint density at radius 3 is 2.25 bits per heavy atom. The lowest BCUT2D eigenvalue weighted by Crippen LogP contribution is -2.01. The van der Waals surface area contributed by atoms with Crippen molar-refractivity contribution in [3.63, 3.8) is 0 Å². The molecule has 3 aromatic rings. The Morgan fingerprint density at radius 2 is 1.67 bits per heavy atom. The van der Waals surface area contributed by atoms with E-state index in [0.29, 0.717) is 11.1 Å². The molecule has 122 valence electrons. The molecule has 0 radical (unpaired) electrons. The first-order valence-electron chi connectivity index (χ1n) is 6.67. The van der Waals surface area contributed by atoms with Gasteiger partial charge in [0.25, 0.3) is 11.6 Å². The predicted molar refractivity (Wildman–Crippen MR) is 78.5 cm³/mol. The Labute approximate surface area is 133 Å². The first-order valence-corrected chi connectivity index (χ1v) is 6.67. The number of rotatable bonds is 5. The van der Waals surface area contributed by atoms with Crippen molar-refractivity contribution in [3.05, 3.63) is 58.6 Å². The van der Waals surface area contributed by atoms with E-state index < -0.39 is 11.5 Å². The van der Waals surface area contributed by atoms with Crippen LogP contribution >= 0.6 is 0 Å². The van der Waals surface area contributed by atoms with Crippen LogP contribution in [0.1, 0.15) is 0 Å². The van der Waals surface area contributed by atoms with Crippen molar-refractivity contribution >= 4 is 5.69 Å². The van der Waals surface area contributed by atoms with E-state index in [0.717, 1.165) is 0 Å². The van der Waals surface area contributed by atoms with E-state index in [2.05, 4.69) is 14.9 Å². The van der Waals surface area contributed by atoms with Gasteiger partial charge in [-0.15, -0.1) is 0 Å². The third-order valence-electron chi connectivity index (χ3n) is 3.09. The second kappa shape index (κ2) is 6.41. The first-order chi connectivity index (χ1) is 11.5. The molecule has 0 aliphatic carbocycles. The van der Waals surface area contributed by atoms with Crippen molar-refractivity contribution in [2.24, 2.45) is 0 Å². The SMILES string of the molecule is O=[N+]([O-])c1ccc(-c2noc(-c3ccc(OC(F)F)cc3)n2)cc1. The van der Waals surface area contributed by atoms with Crippen molar-refractivity contribution in [1.82, 2.24) is 10.1 Å². The molecule has 0 saturated carbocycles. The summed E-state index contributed by atoms with van der Waals surface area (Å²) in [5.41, 5.74) is 1.03. The van der Waals surface area contributed by atoms with Crippen molar-refractivity contribution in [2.75, 3.05) is 0 Å². The van der Waals surface area contributed by atoms with Crippen molar-refractivity contribution in [2.45, 2.75) is 6.61 Å². The number of aromatic nitrogens is 2. The number of halogens is 2. The molecule has 3 rings (SSSR count). The smallest absolute Gasteiger partial charge is 0.387 e. The van der Waals surface area contributed by atoms with Crippen molar-refractivity contribution in [1.29, 1.82) is 0 Å². The highest BCUT2D eigenvalue weighted by Gasteiger charge is 2.13. The Bertz CT molecular complexity index is 848. The number of hydrogen-bond acceptors (Lipinski definition) is 6. The van der Waals surface area contributed by atoms with Crippen LogP contribution in [0.2, 0.25) is 0 Å². The number of alkyl halides is 2. The standard InChI is InChI=1S/C15H9F2N3O4/c16-15(17)23-12-7-3-10(4-8-12)14-18-13(19-24-14)9-1-5-11(6-2-9)20(21)22/h1-8,15H. The van der Waals surface area contributed by atoms with Crippen LogP contribution in [0.4, 0.5) is 14.5 Å². The molecule has 1 aromatic heterocycles. The third kappa shape index (κ3) is 3.35. The van der Waals surface area contributed by atoms with E-state index in [1.807, 2.05) is 0 Å². The summed E-state index contributed by atoms with van der Waals surface area (Å²) >= 11 is 0. The normalized spacial score (nSPS) is 10.8. The van der Waals surface area contributed by atoms with E-state index in [4.69, 9.17) is 4.52 Å². The second-order valence-corrected chi connectivity index (χ2v) is 4.63. The summed E-state index contributed by atoms with van der Waals surface area (Å²) in [4.78, 5) is 14.3. The minimum atomic E-state index is -2.90. The van der Waals surface area contributed by atoms with E-state index in [1.54, 1.807) is 0 Å². The van der Waals surface area contributed by atoms with Gasteiger partial charge in [0, 0.05) is 23.3 Å². The molecule has 1 heterocycles. The molecule has 0 bridgehead atoms. The number of hydrogen-bond donors (Lipinski definition) is 0. The predicted octanol–water partition coefficient (Wildman–Crippen LogP) is 3.91. The molecule has 9 heteroatoms. The summed E-state index contributed by atoms with van der Waals surface area (Å²) in [5, 5.41) is 14.4. The monoisotopic (exact) mass is 333 g/mol. The maximum Gasteiger partial charge on any atom is 0.387 e. The number of ether oxygens (including phenoxy) is 1. The largest absolute Gasteiger partial charge is 0.435 e. The fraction of sp³-hybridized carbons (Fsp3) is 0.0667. The minimum Gasteiger partial charge on any atom is -0.435 e. The molecule has 0 unspecified atom stereocenters. The summed E-state index contributed by atoms with van der Waals surface area (Å²) in [6, 6.07) is 11.4. The lowest BCUT2D eigenvalue weighted by Gasteiger charge is -2.03. The fourth-order valence-electron chi connectivity index (χ4n) is 1.97. The van der Waals surface area contributed by atoms with Crippen LogP contribution in [0, 0.1) is 10.1 Å². The van der Waals surface area contributed by atoms with Gasteiger partial charge in [-0.25, -0.2) is 0 Å². The fourth-order valence-corrected chi connectivity index (χ4v) is 1.97. The van der Waals surface area contributed by atoms with Gasteiger partial charge in [-0.2, -0.15) is 13.8 Å². The van der Waals surface area contributed by atoms with Crippen LogP contribution in [0.3, 0.4) is 0 Å². The number of nitro benzene ring substituents is 1. The molecule has 0 aliphatic heterocycles. The summed E-state index contributed by atoms with van der Waals surface area (Å²) in [5.74, 6) is 0.462. The summed E-state index contributed by atoms with van der Waals surface area (Å²) in [6.45, 7) is -2.90. The number of nitro groups is 1. The van der Waals surface area contributed by atoms with Gasteiger partial charge in [-0.05, 0) is 36.4 Å². The van der Waals surface area contributed by atoms with Gasteiger partial charge in [0.1, 0.15) is 5.75 Å². The van der Waals surface area contributed by atoms with Gasteiger partial charge in [0.15, 0.2) is 0 Å². The van der Waals surface area contributed by atoms with Crippen LogP contribution in [-0.4, -0.2) is 21.7 Å². The van der Waals surface area contributed by atoms with E-state index >= 15 is 0 Å². The maximum absolute atomic E-state index is 12.1. The molecule has 0 aliphatic rings. The average molecular weight is 333 g/mol. The van der Waals surface area contributed by atoms with Crippen LogP contribution in [-0.2, 0) is 0 Å². The highest BCUT2D eigenvalue weighted by atomic mass is 19.3. The van der Waals surface area contributed by atoms with E-state index in [9.17, 15) is 18.9 Å². The molecule has 0 N–H and O–H groups in total. The molecule has 0 spiro atoms.